The fraction of sp³-hybridized carbons (Fsp3) is 0.235. The van der Waals surface area contributed by atoms with Crippen LogP contribution in [0.4, 0.5) is 0 Å². The molecule has 0 radical (unpaired) electrons. The molecule has 1 N–H and O–H groups in total. The number of ether oxygens (including phenoxy) is 1. The molecule has 0 aromatic heterocycles. The van der Waals surface area contributed by atoms with Crippen molar-refractivity contribution in [2.45, 2.75) is 12.8 Å². The monoisotopic (exact) mass is 347 g/mol. The third kappa shape index (κ3) is 4.33. The summed E-state index contributed by atoms with van der Waals surface area (Å²) in [5.74, 6) is 0.719. The molecule has 2 aromatic rings. The first-order valence-corrected chi connectivity index (χ1v) is 7.72. The Morgan fingerprint density at radius 2 is 2.05 bits per heavy atom. The van der Waals surface area contributed by atoms with E-state index in [1.807, 2.05) is 18.2 Å². The number of amides is 1. The predicted molar refractivity (Wildman–Crippen MR) is 89.6 cm³/mol. The van der Waals surface area contributed by atoms with Gasteiger partial charge in [0.05, 0.1) is 11.1 Å². The first-order chi connectivity index (χ1) is 10.2. The minimum Gasteiger partial charge on any atom is -0.492 e. The summed E-state index contributed by atoms with van der Waals surface area (Å²) in [6, 6.07) is 12.2. The van der Waals surface area contributed by atoms with Gasteiger partial charge in [-0.25, -0.2) is 0 Å². The molecule has 0 aliphatic heterocycles. The number of hydrogen-bond donors (Lipinski definition) is 1. The average Bonchev–Trinajstić information content (AvgIpc) is 2.52. The number of halogens is 1. The smallest absolute Gasteiger partial charge is 0.243 e. The molecule has 0 aliphatic rings. The van der Waals surface area contributed by atoms with E-state index in [-0.39, 0.29) is 5.91 Å². The lowest BCUT2D eigenvalue weighted by molar-refractivity contribution is -0.116. The number of fused-ring (bicyclic) bond motifs is 1. The Morgan fingerprint density at radius 3 is 2.86 bits per heavy atom. The van der Waals surface area contributed by atoms with Gasteiger partial charge >= 0.3 is 0 Å². The molecule has 0 bridgehead atoms. The lowest BCUT2D eigenvalue weighted by Crippen LogP contribution is -2.22. The summed E-state index contributed by atoms with van der Waals surface area (Å²) in [6.07, 6.45) is 3.05. The van der Waals surface area contributed by atoms with Crippen LogP contribution in [0.1, 0.15) is 12.8 Å². The van der Waals surface area contributed by atoms with Gasteiger partial charge in [0.2, 0.25) is 5.91 Å². The highest BCUT2D eigenvalue weighted by molar-refractivity contribution is 9.10. The predicted octanol–water partition coefficient (Wildman–Crippen LogP) is 4.06. The van der Waals surface area contributed by atoms with Crippen LogP contribution in [-0.4, -0.2) is 19.1 Å². The largest absolute Gasteiger partial charge is 0.492 e. The third-order valence-electron chi connectivity index (χ3n) is 3.14. The van der Waals surface area contributed by atoms with Crippen molar-refractivity contribution in [2.24, 2.45) is 0 Å². The number of nitrogens with one attached hydrogen (secondary N) is 1. The van der Waals surface area contributed by atoms with Crippen molar-refractivity contribution in [3.05, 3.63) is 53.5 Å². The molecular weight excluding hydrogens is 330 g/mol. The SMILES string of the molecule is C=CC(=O)NCCCCOc1ccc2ccccc2c1Br. The Balaban J connectivity index is 1.82. The molecule has 3 nitrogen and oxygen atoms in total. The van der Waals surface area contributed by atoms with Gasteiger partial charge in [-0.1, -0.05) is 36.9 Å². The van der Waals surface area contributed by atoms with Crippen LogP contribution in [0.5, 0.6) is 5.75 Å². The van der Waals surface area contributed by atoms with Crippen molar-refractivity contribution < 1.29 is 9.53 Å². The minimum absolute atomic E-state index is 0.131. The highest BCUT2D eigenvalue weighted by Crippen LogP contribution is 2.33. The number of carbonyl (C=O) groups is 1. The van der Waals surface area contributed by atoms with Gasteiger partial charge in [0.15, 0.2) is 0 Å². The molecular formula is C17H18BrNO2. The summed E-state index contributed by atoms with van der Waals surface area (Å²) in [6.45, 7) is 4.68. The zero-order valence-corrected chi connectivity index (χ0v) is 13.4. The van der Waals surface area contributed by atoms with Crippen LogP contribution in [0.2, 0.25) is 0 Å². The number of benzene rings is 2. The van der Waals surface area contributed by atoms with E-state index in [1.54, 1.807) is 0 Å². The highest BCUT2D eigenvalue weighted by Gasteiger charge is 2.05. The van der Waals surface area contributed by atoms with Crippen molar-refractivity contribution in [1.29, 1.82) is 0 Å². The van der Waals surface area contributed by atoms with Gasteiger partial charge in [-0.15, -0.1) is 0 Å². The fourth-order valence-electron chi connectivity index (χ4n) is 2.02. The van der Waals surface area contributed by atoms with Crippen LogP contribution in [0, 0.1) is 0 Å². The number of hydrogen-bond acceptors (Lipinski definition) is 2. The molecule has 0 unspecified atom stereocenters. The summed E-state index contributed by atoms with van der Waals surface area (Å²) in [7, 11) is 0. The molecule has 2 aromatic carbocycles. The maximum Gasteiger partial charge on any atom is 0.243 e. The van der Waals surface area contributed by atoms with Crippen molar-refractivity contribution >= 4 is 32.6 Å². The Bertz CT molecular complexity index is 640. The van der Waals surface area contributed by atoms with Gasteiger partial charge < -0.3 is 10.1 Å². The van der Waals surface area contributed by atoms with Crippen molar-refractivity contribution in [3.63, 3.8) is 0 Å². The molecule has 0 spiro atoms. The van der Waals surface area contributed by atoms with E-state index < -0.39 is 0 Å². The second-order valence-electron chi connectivity index (χ2n) is 4.65. The van der Waals surface area contributed by atoms with Crippen molar-refractivity contribution in [3.8, 4) is 5.75 Å². The second kappa shape index (κ2) is 7.84. The number of rotatable bonds is 7. The van der Waals surface area contributed by atoms with Gasteiger partial charge in [-0.05, 0) is 51.7 Å². The van der Waals surface area contributed by atoms with E-state index in [2.05, 4.69) is 46.0 Å². The maximum absolute atomic E-state index is 11.0. The normalized spacial score (nSPS) is 10.3. The molecule has 0 heterocycles. The van der Waals surface area contributed by atoms with E-state index >= 15 is 0 Å². The third-order valence-corrected chi connectivity index (χ3v) is 3.96. The zero-order valence-electron chi connectivity index (χ0n) is 11.8. The maximum atomic E-state index is 11.0. The molecule has 0 saturated heterocycles. The van der Waals surface area contributed by atoms with Crippen LogP contribution in [0.25, 0.3) is 10.8 Å². The summed E-state index contributed by atoms with van der Waals surface area (Å²) < 4.78 is 6.79. The molecule has 0 saturated carbocycles. The average molecular weight is 348 g/mol. The summed E-state index contributed by atoms with van der Waals surface area (Å²) >= 11 is 3.60. The van der Waals surface area contributed by atoms with Gasteiger partial charge in [-0.3, -0.25) is 4.79 Å². The lowest BCUT2D eigenvalue weighted by atomic mass is 10.1. The molecule has 110 valence electrons. The van der Waals surface area contributed by atoms with Crippen LogP contribution < -0.4 is 10.1 Å². The zero-order chi connectivity index (χ0) is 15.1. The number of unbranched alkanes of at least 4 members (excludes halogenated alkanes) is 1. The van der Waals surface area contributed by atoms with Crippen LogP contribution in [-0.2, 0) is 4.79 Å². The quantitative estimate of drug-likeness (QED) is 0.605. The van der Waals surface area contributed by atoms with Gasteiger partial charge in [-0.2, -0.15) is 0 Å². The molecule has 0 fully saturated rings. The highest BCUT2D eigenvalue weighted by atomic mass is 79.9. The first-order valence-electron chi connectivity index (χ1n) is 6.92. The van der Waals surface area contributed by atoms with Crippen LogP contribution in [0.15, 0.2) is 53.5 Å². The van der Waals surface area contributed by atoms with E-state index in [4.69, 9.17) is 4.74 Å². The van der Waals surface area contributed by atoms with Gasteiger partial charge in [0.1, 0.15) is 5.75 Å². The van der Waals surface area contributed by atoms with E-state index in [0.29, 0.717) is 13.2 Å². The molecule has 0 aliphatic carbocycles. The van der Waals surface area contributed by atoms with Crippen LogP contribution in [0.3, 0.4) is 0 Å². The van der Waals surface area contributed by atoms with Gasteiger partial charge in [0.25, 0.3) is 0 Å². The molecule has 0 atom stereocenters. The Labute approximate surface area is 133 Å². The van der Waals surface area contributed by atoms with Gasteiger partial charge in [0, 0.05) is 6.54 Å². The van der Waals surface area contributed by atoms with Crippen LogP contribution >= 0.6 is 15.9 Å². The molecule has 4 heteroatoms. The van der Waals surface area contributed by atoms with E-state index in [1.165, 1.54) is 11.5 Å². The summed E-state index contributed by atoms with van der Waals surface area (Å²) in [5.41, 5.74) is 0. The summed E-state index contributed by atoms with van der Waals surface area (Å²) in [4.78, 5) is 11.0. The Morgan fingerprint density at radius 1 is 1.24 bits per heavy atom. The standard InChI is InChI=1S/C17H18BrNO2/c1-2-16(20)19-11-5-6-12-21-15-10-9-13-7-3-4-8-14(13)17(15)18/h2-4,7-10H,1,5-6,11-12H2,(H,19,20). The molecule has 21 heavy (non-hydrogen) atoms. The minimum atomic E-state index is -0.131. The fourth-order valence-corrected chi connectivity index (χ4v) is 2.63. The van der Waals surface area contributed by atoms with Crippen molar-refractivity contribution in [1.82, 2.24) is 5.32 Å². The molecule has 2 rings (SSSR count). The molecule has 1 amide bonds. The Hall–Kier alpha value is -1.81. The van der Waals surface area contributed by atoms with E-state index in [0.717, 1.165) is 28.5 Å². The van der Waals surface area contributed by atoms with E-state index in [9.17, 15) is 4.79 Å². The Kier molecular flexibility index (Phi) is 5.81. The topological polar surface area (TPSA) is 38.3 Å². The van der Waals surface area contributed by atoms with Crippen molar-refractivity contribution in [2.75, 3.05) is 13.2 Å². The first kappa shape index (κ1) is 15.6. The summed E-state index contributed by atoms with van der Waals surface area (Å²) in [5, 5.41) is 5.08. The second-order valence-corrected chi connectivity index (χ2v) is 5.44. The lowest BCUT2D eigenvalue weighted by Gasteiger charge is -2.10. The number of carbonyl (C=O) groups excluding carboxylic acids is 1.